The summed E-state index contributed by atoms with van der Waals surface area (Å²) in [5, 5.41) is 6.10. The van der Waals surface area contributed by atoms with Gasteiger partial charge >= 0.3 is 0 Å². The van der Waals surface area contributed by atoms with Crippen molar-refractivity contribution in [3.63, 3.8) is 0 Å². The molecule has 1 amide bonds. The van der Waals surface area contributed by atoms with Gasteiger partial charge in [0, 0.05) is 36.3 Å². The molecular weight excluding hydrogens is 318 g/mol. The zero-order valence-corrected chi connectivity index (χ0v) is 13.1. The van der Waals surface area contributed by atoms with E-state index in [0.29, 0.717) is 6.54 Å². The molecule has 0 saturated carbocycles. The molecule has 1 saturated heterocycles. The van der Waals surface area contributed by atoms with Gasteiger partial charge in [-0.3, -0.25) is 9.69 Å². The van der Waals surface area contributed by atoms with Gasteiger partial charge in [-0.2, -0.15) is 0 Å². The van der Waals surface area contributed by atoms with Crippen LogP contribution in [0.1, 0.15) is 5.56 Å². The van der Waals surface area contributed by atoms with Gasteiger partial charge in [-0.1, -0.05) is 21.9 Å². The molecule has 0 atom stereocenters. The van der Waals surface area contributed by atoms with Crippen LogP contribution in [0, 0.1) is 18.8 Å². The minimum Gasteiger partial charge on any atom is -0.315 e. The van der Waals surface area contributed by atoms with Crippen molar-refractivity contribution in [2.45, 2.75) is 6.92 Å². The normalized spacial score (nSPS) is 15.3. The SMILES string of the molecule is Cc1cc(Br)ccc1NC(=O)C#CCN1CCNCC1. The van der Waals surface area contributed by atoms with E-state index in [2.05, 4.69) is 43.3 Å². The Morgan fingerprint density at radius 1 is 1.45 bits per heavy atom. The number of carbonyl (C=O) groups is 1. The van der Waals surface area contributed by atoms with E-state index in [1.807, 2.05) is 25.1 Å². The first kappa shape index (κ1) is 15.0. The fraction of sp³-hybridized carbons (Fsp3) is 0.400. The predicted molar refractivity (Wildman–Crippen MR) is 84.6 cm³/mol. The quantitative estimate of drug-likeness (QED) is 0.807. The van der Waals surface area contributed by atoms with Gasteiger partial charge in [-0.25, -0.2) is 0 Å². The first-order valence-corrected chi connectivity index (χ1v) is 7.43. The number of piperazine rings is 1. The highest BCUT2D eigenvalue weighted by atomic mass is 79.9. The van der Waals surface area contributed by atoms with Crippen LogP contribution >= 0.6 is 15.9 Å². The van der Waals surface area contributed by atoms with Crippen molar-refractivity contribution in [3.05, 3.63) is 28.2 Å². The van der Waals surface area contributed by atoms with E-state index in [1.54, 1.807) is 0 Å². The smallest absolute Gasteiger partial charge is 0.300 e. The van der Waals surface area contributed by atoms with Crippen LogP contribution in [0.2, 0.25) is 0 Å². The second-order valence-electron chi connectivity index (χ2n) is 4.74. The van der Waals surface area contributed by atoms with E-state index in [9.17, 15) is 4.79 Å². The Labute approximate surface area is 128 Å². The Hall–Kier alpha value is -1.35. The van der Waals surface area contributed by atoms with Crippen LogP contribution in [0.15, 0.2) is 22.7 Å². The van der Waals surface area contributed by atoms with Crippen molar-refractivity contribution in [1.82, 2.24) is 10.2 Å². The molecule has 0 radical (unpaired) electrons. The lowest BCUT2D eigenvalue weighted by Gasteiger charge is -2.24. The lowest BCUT2D eigenvalue weighted by atomic mass is 10.2. The Morgan fingerprint density at radius 2 is 2.20 bits per heavy atom. The molecule has 5 heteroatoms. The van der Waals surface area contributed by atoms with E-state index in [1.165, 1.54) is 0 Å². The van der Waals surface area contributed by atoms with Crippen LogP contribution in [0.4, 0.5) is 5.69 Å². The second-order valence-corrected chi connectivity index (χ2v) is 5.66. The third-order valence-electron chi connectivity index (χ3n) is 3.15. The first-order chi connectivity index (χ1) is 9.65. The molecule has 1 aromatic rings. The molecule has 20 heavy (non-hydrogen) atoms. The summed E-state index contributed by atoms with van der Waals surface area (Å²) in [7, 11) is 0. The Morgan fingerprint density at radius 3 is 2.90 bits per heavy atom. The number of nitrogens with zero attached hydrogens (tertiary/aromatic N) is 1. The van der Waals surface area contributed by atoms with Crippen LogP contribution in [0.5, 0.6) is 0 Å². The molecule has 0 aromatic heterocycles. The summed E-state index contributed by atoms with van der Waals surface area (Å²) in [5.41, 5.74) is 1.81. The molecule has 0 spiro atoms. The van der Waals surface area contributed by atoms with E-state index in [0.717, 1.165) is 41.9 Å². The van der Waals surface area contributed by atoms with E-state index < -0.39 is 0 Å². The lowest BCUT2D eigenvalue weighted by molar-refractivity contribution is -0.111. The summed E-state index contributed by atoms with van der Waals surface area (Å²) in [5.74, 6) is 5.32. The zero-order chi connectivity index (χ0) is 14.4. The highest BCUT2D eigenvalue weighted by molar-refractivity contribution is 9.10. The molecule has 1 heterocycles. The summed E-state index contributed by atoms with van der Waals surface area (Å²) in [6.07, 6.45) is 0. The van der Waals surface area contributed by atoms with Crippen molar-refractivity contribution >= 4 is 27.5 Å². The summed E-state index contributed by atoms with van der Waals surface area (Å²) >= 11 is 3.40. The summed E-state index contributed by atoms with van der Waals surface area (Å²) in [6, 6.07) is 5.73. The number of amides is 1. The third kappa shape index (κ3) is 4.64. The molecule has 1 aromatic carbocycles. The summed E-state index contributed by atoms with van der Waals surface area (Å²) in [6.45, 7) is 6.56. The van der Waals surface area contributed by atoms with E-state index in [-0.39, 0.29) is 5.91 Å². The van der Waals surface area contributed by atoms with Gasteiger partial charge < -0.3 is 10.6 Å². The van der Waals surface area contributed by atoms with Gasteiger partial charge in [0.2, 0.25) is 0 Å². The topological polar surface area (TPSA) is 44.4 Å². The van der Waals surface area contributed by atoms with Gasteiger partial charge in [0.1, 0.15) is 0 Å². The molecule has 0 unspecified atom stereocenters. The number of anilines is 1. The molecule has 106 valence electrons. The van der Waals surface area contributed by atoms with E-state index >= 15 is 0 Å². The molecule has 0 bridgehead atoms. The van der Waals surface area contributed by atoms with Gasteiger partial charge in [0.25, 0.3) is 5.91 Å². The molecule has 1 aliphatic heterocycles. The molecule has 1 fully saturated rings. The minimum absolute atomic E-state index is 0.259. The maximum atomic E-state index is 11.8. The monoisotopic (exact) mass is 335 g/mol. The molecule has 4 nitrogen and oxygen atoms in total. The molecule has 2 N–H and O–H groups in total. The van der Waals surface area contributed by atoms with Crippen molar-refractivity contribution in [3.8, 4) is 11.8 Å². The predicted octanol–water partition coefficient (Wildman–Crippen LogP) is 1.60. The number of rotatable bonds is 2. The molecule has 1 aliphatic rings. The lowest BCUT2D eigenvalue weighted by Crippen LogP contribution is -2.43. The number of carbonyl (C=O) groups excluding carboxylic acids is 1. The molecule has 2 rings (SSSR count). The second kappa shape index (κ2) is 7.44. The first-order valence-electron chi connectivity index (χ1n) is 6.64. The van der Waals surface area contributed by atoms with Crippen molar-refractivity contribution < 1.29 is 4.79 Å². The average Bonchev–Trinajstić information content (AvgIpc) is 2.43. The molecule has 0 aliphatic carbocycles. The standard InChI is InChI=1S/C15H18BrN3O/c1-12-11-13(16)4-5-14(12)18-15(20)3-2-8-19-9-6-17-7-10-19/h4-5,11,17H,6-10H2,1H3,(H,18,20). The van der Waals surface area contributed by atoms with Gasteiger partial charge in [0.05, 0.1) is 6.54 Å². The van der Waals surface area contributed by atoms with Crippen LogP contribution < -0.4 is 10.6 Å². The Kier molecular flexibility index (Phi) is 5.60. The molecular formula is C15H18BrN3O. The summed E-state index contributed by atoms with van der Waals surface area (Å²) in [4.78, 5) is 14.0. The zero-order valence-electron chi connectivity index (χ0n) is 11.5. The van der Waals surface area contributed by atoms with E-state index in [4.69, 9.17) is 0 Å². The fourth-order valence-corrected chi connectivity index (χ4v) is 2.50. The number of nitrogens with one attached hydrogen (secondary N) is 2. The third-order valence-corrected chi connectivity index (χ3v) is 3.64. The van der Waals surface area contributed by atoms with Gasteiger partial charge in [0.15, 0.2) is 0 Å². The highest BCUT2D eigenvalue weighted by Gasteiger charge is 2.07. The highest BCUT2D eigenvalue weighted by Crippen LogP contribution is 2.19. The van der Waals surface area contributed by atoms with Crippen molar-refractivity contribution in [2.24, 2.45) is 0 Å². The number of hydrogen-bond acceptors (Lipinski definition) is 3. The van der Waals surface area contributed by atoms with Crippen molar-refractivity contribution in [2.75, 3.05) is 38.0 Å². The van der Waals surface area contributed by atoms with Crippen LogP contribution in [0.3, 0.4) is 0 Å². The Balaban J connectivity index is 1.86. The largest absolute Gasteiger partial charge is 0.315 e. The van der Waals surface area contributed by atoms with Crippen LogP contribution in [-0.4, -0.2) is 43.5 Å². The fourth-order valence-electron chi connectivity index (χ4n) is 2.02. The van der Waals surface area contributed by atoms with Gasteiger partial charge in [-0.05, 0) is 36.6 Å². The number of benzene rings is 1. The summed E-state index contributed by atoms with van der Waals surface area (Å²) < 4.78 is 0.998. The number of hydrogen-bond donors (Lipinski definition) is 2. The van der Waals surface area contributed by atoms with Crippen LogP contribution in [0.25, 0.3) is 0 Å². The number of aryl methyl sites for hydroxylation is 1. The Bertz CT molecular complexity index is 542. The van der Waals surface area contributed by atoms with Crippen molar-refractivity contribution in [1.29, 1.82) is 0 Å². The van der Waals surface area contributed by atoms with Gasteiger partial charge in [-0.15, -0.1) is 0 Å². The number of halogens is 1. The maximum Gasteiger partial charge on any atom is 0.300 e. The average molecular weight is 336 g/mol. The van der Waals surface area contributed by atoms with Crippen LogP contribution in [-0.2, 0) is 4.79 Å². The maximum absolute atomic E-state index is 11.8. The minimum atomic E-state index is -0.259.